The van der Waals surface area contributed by atoms with Crippen molar-refractivity contribution in [1.82, 2.24) is 4.37 Å². The lowest BCUT2D eigenvalue weighted by atomic mass is 10.2. The van der Waals surface area contributed by atoms with Crippen molar-refractivity contribution in [2.24, 2.45) is 0 Å². The number of nitrogens with zero attached hydrogens (tertiary/aromatic N) is 1. The quantitative estimate of drug-likeness (QED) is 0.780. The maximum Gasteiger partial charge on any atom is 0.343 e. The van der Waals surface area contributed by atoms with E-state index in [9.17, 15) is 9.59 Å². The van der Waals surface area contributed by atoms with E-state index in [4.69, 9.17) is 9.47 Å². The average molecular weight is 349 g/mol. The number of hydrogen-bond donors (Lipinski definition) is 2. The van der Waals surface area contributed by atoms with Gasteiger partial charge in [0, 0.05) is 7.05 Å². The molecule has 8 heteroatoms. The first-order valence-electron chi connectivity index (χ1n) is 7.26. The second kappa shape index (κ2) is 7.78. The second-order valence-electron chi connectivity index (χ2n) is 4.96. The van der Waals surface area contributed by atoms with Crippen molar-refractivity contribution in [1.29, 1.82) is 0 Å². The fourth-order valence-electron chi connectivity index (χ4n) is 2.04. The molecule has 0 aliphatic carbocycles. The summed E-state index contributed by atoms with van der Waals surface area (Å²) in [7, 11) is 3.21. The number of benzene rings is 1. The standard InChI is InChI=1S/C16H19N3O4S/c1-9-13(15(17-3)24-19-9)16(21)23-10(2)14(20)18-11-7-5-6-8-12(11)22-4/h5-8,10,17H,1-4H3,(H,18,20)/t10-/m0/s1. The molecule has 1 aromatic carbocycles. The molecule has 0 unspecified atom stereocenters. The van der Waals surface area contributed by atoms with Crippen molar-refractivity contribution in [2.75, 3.05) is 24.8 Å². The van der Waals surface area contributed by atoms with Gasteiger partial charge < -0.3 is 20.1 Å². The highest BCUT2D eigenvalue weighted by Gasteiger charge is 2.24. The Kier molecular flexibility index (Phi) is 5.75. The highest BCUT2D eigenvalue weighted by molar-refractivity contribution is 7.10. The number of methoxy groups -OCH3 is 1. The van der Waals surface area contributed by atoms with Crippen LogP contribution in [0.1, 0.15) is 23.0 Å². The van der Waals surface area contributed by atoms with Crippen molar-refractivity contribution < 1.29 is 19.1 Å². The minimum Gasteiger partial charge on any atom is -0.495 e. The fourth-order valence-corrected chi connectivity index (χ4v) is 2.77. The van der Waals surface area contributed by atoms with Gasteiger partial charge in [-0.25, -0.2) is 4.79 Å². The van der Waals surface area contributed by atoms with Crippen LogP contribution in [0.5, 0.6) is 5.75 Å². The zero-order valence-electron chi connectivity index (χ0n) is 13.9. The molecule has 1 atom stereocenters. The SMILES string of the molecule is CNc1snc(C)c1C(=O)O[C@@H](C)C(=O)Nc1ccccc1OC. The zero-order chi connectivity index (χ0) is 17.7. The first-order chi connectivity index (χ1) is 11.5. The molecule has 128 valence electrons. The Balaban J connectivity index is 2.06. The fraction of sp³-hybridized carbons (Fsp3) is 0.312. The van der Waals surface area contributed by atoms with Crippen molar-refractivity contribution in [3.05, 3.63) is 35.5 Å². The second-order valence-corrected chi connectivity index (χ2v) is 5.73. The number of carbonyl (C=O) groups excluding carboxylic acids is 2. The van der Waals surface area contributed by atoms with Crippen LogP contribution in [0, 0.1) is 6.92 Å². The Labute approximate surface area is 144 Å². The molecule has 0 aliphatic rings. The van der Waals surface area contributed by atoms with Gasteiger partial charge in [0.1, 0.15) is 16.3 Å². The van der Waals surface area contributed by atoms with Crippen LogP contribution in [0.15, 0.2) is 24.3 Å². The number of rotatable bonds is 6. The van der Waals surface area contributed by atoms with Crippen LogP contribution in [0.3, 0.4) is 0 Å². The number of amides is 1. The molecule has 0 saturated heterocycles. The number of anilines is 2. The first-order valence-corrected chi connectivity index (χ1v) is 8.04. The molecule has 1 heterocycles. The molecule has 1 amide bonds. The number of aromatic nitrogens is 1. The third kappa shape index (κ3) is 3.83. The summed E-state index contributed by atoms with van der Waals surface area (Å²) in [4.78, 5) is 24.5. The molecular weight excluding hydrogens is 330 g/mol. The van der Waals surface area contributed by atoms with Crippen LogP contribution in [0.2, 0.25) is 0 Å². The molecular formula is C16H19N3O4S. The third-order valence-corrected chi connectivity index (χ3v) is 4.27. The van der Waals surface area contributed by atoms with Gasteiger partial charge in [0.05, 0.1) is 18.5 Å². The van der Waals surface area contributed by atoms with E-state index in [0.717, 1.165) is 0 Å². The molecule has 0 saturated carbocycles. The molecule has 0 spiro atoms. The van der Waals surface area contributed by atoms with Crippen molar-refractivity contribution in [3.8, 4) is 5.75 Å². The topological polar surface area (TPSA) is 89.5 Å². The molecule has 0 bridgehead atoms. The number of para-hydroxylation sites is 2. The summed E-state index contributed by atoms with van der Waals surface area (Å²) in [5, 5.41) is 6.18. The predicted molar refractivity (Wildman–Crippen MR) is 92.9 cm³/mol. The summed E-state index contributed by atoms with van der Waals surface area (Å²) < 4.78 is 14.5. The lowest BCUT2D eigenvalue weighted by Gasteiger charge is -2.15. The normalized spacial score (nSPS) is 11.5. The molecule has 2 aromatic rings. The van der Waals surface area contributed by atoms with E-state index in [1.807, 2.05) is 0 Å². The lowest BCUT2D eigenvalue weighted by Crippen LogP contribution is -2.30. The van der Waals surface area contributed by atoms with Gasteiger partial charge in [-0.3, -0.25) is 4.79 Å². The smallest absolute Gasteiger partial charge is 0.343 e. The molecule has 7 nitrogen and oxygen atoms in total. The van der Waals surface area contributed by atoms with E-state index >= 15 is 0 Å². The first kappa shape index (κ1) is 17.7. The van der Waals surface area contributed by atoms with Gasteiger partial charge in [-0.2, -0.15) is 4.37 Å². The third-order valence-electron chi connectivity index (χ3n) is 3.31. The van der Waals surface area contributed by atoms with Gasteiger partial charge in [-0.1, -0.05) is 12.1 Å². The van der Waals surface area contributed by atoms with Gasteiger partial charge >= 0.3 is 5.97 Å². The number of esters is 1. The van der Waals surface area contributed by atoms with Gasteiger partial charge in [0.25, 0.3) is 5.91 Å². The maximum absolute atomic E-state index is 12.3. The van der Waals surface area contributed by atoms with E-state index in [2.05, 4.69) is 15.0 Å². The molecule has 0 aliphatic heterocycles. The largest absolute Gasteiger partial charge is 0.495 e. The molecule has 1 aromatic heterocycles. The summed E-state index contributed by atoms with van der Waals surface area (Å²) in [6, 6.07) is 7.00. The summed E-state index contributed by atoms with van der Waals surface area (Å²) in [6.07, 6.45) is -0.966. The number of ether oxygens (including phenoxy) is 2. The number of nitrogens with one attached hydrogen (secondary N) is 2. The number of hydrogen-bond acceptors (Lipinski definition) is 7. The van der Waals surface area contributed by atoms with E-state index < -0.39 is 18.0 Å². The van der Waals surface area contributed by atoms with Crippen molar-refractivity contribution in [2.45, 2.75) is 20.0 Å². The van der Waals surface area contributed by atoms with E-state index in [-0.39, 0.29) is 0 Å². The number of carbonyl (C=O) groups is 2. The summed E-state index contributed by atoms with van der Waals surface area (Å²) in [5.74, 6) is -0.507. The monoisotopic (exact) mass is 349 g/mol. The highest BCUT2D eigenvalue weighted by atomic mass is 32.1. The van der Waals surface area contributed by atoms with E-state index in [0.29, 0.717) is 27.7 Å². The zero-order valence-corrected chi connectivity index (χ0v) is 14.7. The van der Waals surface area contributed by atoms with Gasteiger partial charge in [-0.15, -0.1) is 0 Å². The molecule has 24 heavy (non-hydrogen) atoms. The van der Waals surface area contributed by atoms with Crippen LogP contribution >= 0.6 is 11.5 Å². The van der Waals surface area contributed by atoms with Gasteiger partial charge in [-0.05, 0) is 37.5 Å². The summed E-state index contributed by atoms with van der Waals surface area (Å²) in [6.45, 7) is 3.23. The highest BCUT2D eigenvalue weighted by Crippen LogP contribution is 2.26. The van der Waals surface area contributed by atoms with Crippen molar-refractivity contribution >= 4 is 34.1 Å². The predicted octanol–water partition coefficient (Wildman–Crippen LogP) is 2.69. The van der Waals surface area contributed by atoms with Crippen molar-refractivity contribution in [3.63, 3.8) is 0 Å². The minimum absolute atomic E-state index is 0.347. The Morgan fingerprint density at radius 2 is 2.00 bits per heavy atom. The van der Waals surface area contributed by atoms with E-state index in [1.54, 1.807) is 38.2 Å². The molecule has 2 rings (SSSR count). The lowest BCUT2D eigenvalue weighted by molar-refractivity contribution is -0.123. The van der Waals surface area contributed by atoms with Crippen LogP contribution in [0.25, 0.3) is 0 Å². The average Bonchev–Trinajstić information content (AvgIpc) is 2.96. The van der Waals surface area contributed by atoms with Crippen LogP contribution < -0.4 is 15.4 Å². The maximum atomic E-state index is 12.3. The number of aryl methyl sites for hydroxylation is 1. The minimum atomic E-state index is -0.966. The van der Waals surface area contributed by atoms with Gasteiger partial charge in [0.2, 0.25) is 0 Å². The molecule has 0 fully saturated rings. The molecule has 2 N–H and O–H groups in total. The van der Waals surface area contributed by atoms with E-state index in [1.165, 1.54) is 25.6 Å². The summed E-state index contributed by atoms with van der Waals surface area (Å²) in [5.41, 5.74) is 1.42. The van der Waals surface area contributed by atoms with Crippen LogP contribution in [0.4, 0.5) is 10.7 Å². The Morgan fingerprint density at radius 3 is 2.67 bits per heavy atom. The van der Waals surface area contributed by atoms with Crippen LogP contribution in [-0.4, -0.2) is 36.5 Å². The Morgan fingerprint density at radius 1 is 1.29 bits per heavy atom. The Bertz CT molecular complexity index is 745. The van der Waals surface area contributed by atoms with Gasteiger partial charge in [0.15, 0.2) is 6.10 Å². The Hall–Kier alpha value is -2.61. The molecule has 0 radical (unpaired) electrons. The van der Waals surface area contributed by atoms with Crippen LogP contribution in [-0.2, 0) is 9.53 Å². The summed E-state index contributed by atoms with van der Waals surface area (Å²) >= 11 is 1.17.